The van der Waals surface area contributed by atoms with Gasteiger partial charge in [-0.15, -0.1) is 0 Å². The van der Waals surface area contributed by atoms with Crippen LogP contribution in [0.25, 0.3) is 11.1 Å². The number of aromatic amines is 1. The zero-order valence-electron chi connectivity index (χ0n) is 10.2. The van der Waals surface area contributed by atoms with Crippen LogP contribution in [0.3, 0.4) is 0 Å². The minimum atomic E-state index is -0.571. The first-order chi connectivity index (χ1) is 9.43. The van der Waals surface area contributed by atoms with Crippen molar-refractivity contribution in [3.05, 3.63) is 55.4 Å². The normalized spacial score (nSPS) is 10.4. The number of aromatic nitrogens is 1. The fraction of sp³-hybridized carbons (Fsp3) is 0.0769. The van der Waals surface area contributed by atoms with Gasteiger partial charge in [-0.2, -0.15) is 0 Å². The van der Waals surface area contributed by atoms with Gasteiger partial charge in [-0.25, -0.2) is 4.79 Å². The number of rotatable bonds is 2. The maximum Gasteiger partial charge on any atom is 0.339 e. The number of pyridine rings is 1. The smallest absolute Gasteiger partial charge is 0.339 e. The molecule has 0 unspecified atom stereocenters. The number of carbonyl (C=O) groups is 1. The van der Waals surface area contributed by atoms with Crippen LogP contribution in [0, 0.1) is 0 Å². The Bertz CT molecular complexity index is 740. The maximum atomic E-state index is 11.9. The Kier molecular flexibility index (Phi) is 4.38. The van der Waals surface area contributed by atoms with Crippen LogP contribution in [-0.2, 0) is 4.74 Å². The van der Waals surface area contributed by atoms with E-state index in [1.807, 2.05) is 0 Å². The molecule has 0 amide bonds. The summed E-state index contributed by atoms with van der Waals surface area (Å²) in [5.41, 5.74) is 0.381. The van der Waals surface area contributed by atoms with Crippen LogP contribution in [0.4, 0.5) is 0 Å². The number of hydrogen-bond acceptors (Lipinski definition) is 3. The molecule has 1 aromatic carbocycles. The molecule has 0 fully saturated rings. The molecule has 0 saturated carbocycles. The highest BCUT2D eigenvalue weighted by Gasteiger charge is 2.14. The molecule has 20 heavy (non-hydrogen) atoms. The maximum absolute atomic E-state index is 11.9. The first-order valence-corrected chi connectivity index (χ1v) is 6.53. The lowest BCUT2D eigenvalue weighted by atomic mass is 10.1. The summed E-state index contributed by atoms with van der Waals surface area (Å²) in [6.45, 7) is 0. The quantitative estimate of drug-likeness (QED) is 0.672. The number of methoxy groups -OCH3 is 1. The molecule has 2 rings (SSSR count). The van der Waals surface area contributed by atoms with Gasteiger partial charge in [0.1, 0.15) is 0 Å². The second kappa shape index (κ2) is 5.87. The second-order valence-electron chi connectivity index (χ2n) is 3.87. The van der Waals surface area contributed by atoms with Gasteiger partial charge in [0.15, 0.2) is 0 Å². The highest BCUT2D eigenvalue weighted by molar-refractivity contribution is 6.44. The Labute approximate surface area is 129 Å². The van der Waals surface area contributed by atoms with E-state index in [-0.39, 0.29) is 26.2 Å². The molecule has 0 aliphatic heterocycles. The van der Waals surface area contributed by atoms with Gasteiger partial charge in [-0.1, -0.05) is 34.8 Å². The fourth-order valence-corrected chi connectivity index (χ4v) is 2.30. The Balaban J connectivity index is 2.66. The molecule has 1 N–H and O–H groups in total. The topological polar surface area (TPSA) is 59.2 Å². The summed E-state index contributed by atoms with van der Waals surface area (Å²) in [4.78, 5) is 25.8. The molecular formula is C13H8Cl3NO3. The first-order valence-electron chi connectivity index (χ1n) is 5.40. The highest BCUT2D eigenvalue weighted by Crippen LogP contribution is 2.34. The third-order valence-electron chi connectivity index (χ3n) is 2.62. The fourth-order valence-electron chi connectivity index (χ4n) is 1.65. The highest BCUT2D eigenvalue weighted by atomic mass is 35.5. The summed E-state index contributed by atoms with van der Waals surface area (Å²) in [5.74, 6) is -0.571. The molecule has 104 valence electrons. The van der Waals surface area contributed by atoms with Crippen LogP contribution < -0.4 is 5.56 Å². The van der Waals surface area contributed by atoms with Crippen molar-refractivity contribution < 1.29 is 9.53 Å². The van der Waals surface area contributed by atoms with E-state index in [1.165, 1.54) is 31.5 Å². The lowest BCUT2D eigenvalue weighted by Gasteiger charge is -2.07. The lowest BCUT2D eigenvalue weighted by Crippen LogP contribution is -2.12. The monoisotopic (exact) mass is 331 g/mol. The van der Waals surface area contributed by atoms with E-state index >= 15 is 0 Å². The largest absolute Gasteiger partial charge is 0.465 e. The third kappa shape index (κ3) is 2.82. The van der Waals surface area contributed by atoms with Crippen molar-refractivity contribution >= 4 is 40.8 Å². The zero-order chi connectivity index (χ0) is 14.9. The van der Waals surface area contributed by atoms with Gasteiger partial charge in [0.25, 0.3) is 5.56 Å². The average Bonchev–Trinajstić information content (AvgIpc) is 2.43. The molecule has 2 aromatic rings. The van der Waals surface area contributed by atoms with Crippen LogP contribution >= 0.6 is 34.8 Å². The van der Waals surface area contributed by atoms with Crippen molar-refractivity contribution in [1.82, 2.24) is 4.98 Å². The van der Waals surface area contributed by atoms with Gasteiger partial charge in [0.2, 0.25) is 0 Å². The van der Waals surface area contributed by atoms with Crippen LogP contribution in [0.15, 0.2) is 29.2 Å². The molecule has 1 heterocycles. The number of esters is 1. The van der Waals surface area contributed by atoms with Gasteiger partial charge >= 0.3 is 5.97 Å². The van der Waals surface area contributed by atoms with Crippen LogP contribution in [0.2, 0.25) is 15.1 Å². The molecule has 0 spiro atoms. The van der Waals surface area contributed by atoms with E-state index in [2.05, 4.69) is 9.72 Å². The second-order valence-corrected chi connectivity index (χ2v) is 5.09. The Hall–Kier alpha value is -1.49. The predicted octanol–water partition coefficient (Wildman–Crippen LogP) is 3.79. The molecule has 7 heteroatoms. The Morgan fingerprint density at radius 3 is 2.35 bits per heavy atom. The van der Waals surface area contributed by atoms with E-state index in [4.69, 9.17) is 34.8 Å². The molecule has 4 nitrogen and oxygen atoms in total. The standard InChI is InChI=1S/C13H8Cl3NO3/c1-20-13(19)6-2-8(12(18)17-5-6)7-3-10(15)11(16)4-9(7)14/h2-5H,1H3,(H,17,18). The molecule has 0 bridgehead atoms. The van der Waals surface area contributed by atoms with E-state index in [1.54, 1.807) is 0 Å². The van der Waals surface area contributed by atoms with Gasteiger partial charge < -0.3 is 9.72 Å². The number of nitrogens with one attached hydrogen (secondary N) is 1. The van der Waals surface area contributed by atoms with Crippen molar-refractivity contribution in [2.45, 2.75) is 0 Å². The summed E-state index contributed by atoms with van der Waals surface area (Å²) in [6, 6.07) is 4.29. The summed E-state index contributed by atoms with van der Waals surface area (Å²) < 4.78 is 4.60. The minimum absolute atomic E-state index is 0.198. The number of H-pyrrole nitrogens is 1. The zero-order valence-corrected chi connectivity index (χ0v) is 12.4. The lowest BCUT2D eigenvalue weighted by molar-refractivity contribution is 0.0600. The van der Waals surface area contributed by atoms with Crippen LogP contribution in [0.5, 0.6) is 0 Å². The van der Waals surface area contributed by atoms with E-state index in [0.29, 0.717) is 5.56 Å². The molecule has 0 aliphatic rings. The SMILES string of the molecule is COC(=O)c1c[nH]c(=O)c(-c2cc(Cl)c(Cl)cc2Cl)c1. The number of ether oxygens (including phenoxy) is 1. The molecule has 0 saturated heterocycles. The van der Waals surface area contributed by atoms with Gasteiger partial charge in [-0.05, 0) is 18.2 Å². The minimum Gasteiger partial charge on any atom is -0.465 e. The molecule has 1 aromatic heterocycles. The summed E-state index contributed by atoms with van der Waals surface area (Å²) in [5, 5.41) is 0.793. The number of halogens is 3. The van der Waals surface area contributed by atoms with Crippen molar-refractivity contribution in [3.63, 3.8) is 0 Å². The van der Waals surface area contributed by atoms with Crippen LogP contribution in [0.1, 0.15) is 10.4 Å². The molecule has 0 radical (unpaired) electrons. The van der Waals surface area contributed by atoms with Gasteiger partial charge in [0, 0.05) is 17.3 Å². The van der Waals surface area contributed by atoms with E-state index in [9.17, 15) is 9.59 Å². The van der Waals surface area contributed by atoms with E-state index in [0.717, 1.165) is 0 Å². The number of hydrogen-bond donors (Lipinski definition) is 1. The Morgan fingerprint density at radius 1 is 1.05 bits per heavy atom. The van der Waals surface area contributed by atoms with Gasteiger partial charge in [-0.3, -0.25) is 4.79 Å². The molecule has 0 aliphatic carbocycles. The van der Waals surface area contributed by atoms with E-state index < -0.39 is 11.5 Å². The predicted molar refractivity (Wildman–Crippen MR) is 78.9 cm³/mol. The third-order valence-corrected chi connectivity index (χ3v) is 3.66. The van der Waals surface area contributed by atoms with Crippen molar-refractivity contribution in [3.8, 4) is 11.1 Å². The summed E-state index contributed by atoms with van der Waals surface area (Å²) in [6.07, 6.45) is 1.27. The summed E-state index contributed by atoms with van der Waals surface area (Å²) in [7, 11) is 1.25. The first kappa shape index (κ1) is 14.9. The van der Waals surface area contributed by atoms with Crippen molar-refractivity contribution in [2.24, 2.45) is 0 Å². The molecule has 0 atom stereocenters. The average molecular weight is 333 g/mol. The van der Waals surface area contributed by atoms with Crippen LogP contribution in [-0.4, -0.2) is 18.1 Å². The Morgan fingerprint density at radius 2 is 1.70 bits per heavy atom. The van der Waals surface area contributed by atoms with Crippen molar-refractivity contribution in [2.75, 3.05) is 7.11 Å². The number of carbonyl (C=O) groups excluding carboxylic acids is 1. The molecular weight excluding hydrogens is 325 g/mol. The summed E-state index contributed by atoms with van der Waals surface area (Å²) >= 11 is 17.8. The van der Waals surface area contributed by atoms with Gasteiger partial charge in [0.05, 0.1) is 27.7 Å². The number of benzene rings is 1. The van der Waals surface area contributed by atoms with Crippen molar-refractivity contribution in [1.29, 1.82) is 0 Å².